The summed E-state index contributed by atoms with van der Waals surface area (Å²) in [5, 5.41) is 0. The van der Waals surface area contributed by atoms with E-state index in [1.807, 2.05) is 0 Å². The molecule has 0 aromatic rings. The zero-order valence-corrected chi connectivity index (χ0v) is 23.2. The third-order valence-corrected chi connectivity index (χ3v) is 4.85. The lowest BCUT2D eigenvalue weighted by Gasteiger charge is -2.09. The van der Waals surface area contributed by atoms with Gasteiger partial charge in [-0.15, -0.1) is 11.6 Å². The van der Waals surface area contributed by atoms with Crippen LogP contribution in [-0.2, 0) is 47.4 Å². The second kappa shape index (κ2) is 34.9. The van der Waals surface area contributed by atoms with E-state index < -0.39 is 0 Å². The molecule has 0 spiro atoms. The SMILES string of the molecule is COCCOCCOCCOCCOCCOCCOCCOCCOCCOCCCCCCCl. The smallest absolute Gasteiger partial charge is 0.0701 e. The summed E-state index contributed by atoms with van der Waals surface area (Å²) in [6.45, 7) is 10.8. The molecule has 0 saturated carbocycles. The Balaban J connectivity index is 3.00. The highest BCUT2D eigenvalue weighted by Crippen LogP contribution is 2.01. The molecule has 0 aliphatic rings. The average molecular weight is 547 g/mol. The maximum atomic E-state index is 5.64. The Labute approximate surface area is 223 Å². The zero-order chi connectivity index (χ0) is 26.0. The van der Waals surface area contributed by atoms with Crippen LogP contribution in [0.4, 0.5) is 0 Å². The zero-order valence-electron chi connectivity index (χ0n) is 22.4. The molecule has 0 heterocycles. The summed E-state index contributed by atoms with van der Waals surface area (Å²) < 4.78 is 53.8. The second-order valence-electron chi connectivity index (χ2n) is 7.61. The van der Waals surface area contributed by atoms with Crippen molar-refractivity contribution in [3.63, 3.8) is 0 Å². The molecule has 0 aromatic carbocycles. The number of hydrogen-bond acceptors (Lipinski definition) is 10. The Morgan fingerprint density at radius 3 is 0.833 bits per heavy atom. The number of rotatable bonds is 33. The van der Waals surface area contributed by atoms with Crippen molar-refractivity contribution in [1.29, 1.82) is 0 Å². The third kappa shape index (κ3) is 33.9. The average Bonchev–Trinajstić information content (AvgIpc) is 2.89. The van der Waals surface area contributed by atoms with Crippen LogP contribution >= 0.6 is 11.6 Å². The molecule has 0 fully saturated rings. The molecule has 218 valence electrons. The van der Waals surface area contributed by atoms with Gasteiger partial charge in [-0.3, -0.25) is 0 Å². The molecule has 0 saturated heterocycles. The number of ether oxygens (including phenoxy) is 10. The van der Waals surface area contributed by atoms with Crippen LogP contribution in [0.5, 0.6) is 0 Å². The number of halogens is 1. The van der Waals surface area contributed by atoms with E-state index in [2.05, 4.69) is 0 Å². The number of unbranched alkanes of at least 4 members (excludes halogenated alkanes) is 3. The lowest BCUT2D eigenvalue weighted by Crippen LogP contribution is -2.15. The number of alkyl halides is 1. The normalized spacial score (nSPS) is 11.5. The van der Waals surface area contributed by atoms with Crippen molar-refractivity contribution in [2.75, 3.05) is 139 Å². The summed E-state index contributed by atoms with van der Waals surface area (Å²) in [6.07, 6.45) is 4.52. The third-order valence-electron chi connectivity index (χ3n) is 4.58. The van der Waals surface area contributed by atoms with Crippen LogP contribution in [-0.4, -0.2) is 139 Å². The Morgan fingerprint density at radius 1 is 0.306 bits per heavy atom. The van der Waals surface area contributed by atoms with E-state index in [4.69, 9.17) is 59.0 Å². The van der Waals surface area contributed by atoms with Crippen LogP contribution in [0.1, 0.15) is 25.7 Å². The first-order valence-electron chi connectivity index (χ1n) is 13.2. The molecule has 0 aliphatic heterocycles. The molecule has 11 heteroatoms. The highest BCUT2D eigenvalue weighted by Gasteiger charge is 1.96. The van der Waals surface area contributed by atoms with Crippen molar-refractivity contribution in [1.82, 2.24) is 0 Å². The minimum absolute atomic E-state index is 0.529. The second-order valence-corrected chi connectivity index (χ2v) is 7.99. The Bertz CT molecular complexity index is 349. The molecule has 10 nitrogen and oxygen atoms in total. The van der Waals surface area contributed by atoms with Crippen LogP contribution < -0.4 is 0 Å². The highest BCUT2D eigenvalue weighted by molar-refractivity contribution is 6.17. The van der Waals surface area contributed by atoms with Gasteiger partial charge in [-0.25, -0.2) is 0 Å². The first kappa shape index (κ1) is 35.9. The van der Waals surface area contributed by atoms with E-state index in [9.17, 15) is 0 Å². The van der Waals surface area contributed by atoms with Gasteiger partial charge in [-0.1, -0.05) is 12.8 Å². The quantitative estimate of drug-likeness (QED) is 0.0903. The van der Waals surface area contributed by atoms with Crippen LogP contribution in [0.15, 0.2) is 0 Å². The topological polar surface area (TPSA) is 92.3 Å². The lowest BCUT2D eigenvalue weighted by atomic mass is 10.2. The standard InChI is InChI=1S/C25H51ClO10/c1-27-8-9-29-12-13-31-16-17-33-20-21-35-24-25-36-23-22-34-19-18-32-15-14-30-11-10-28-7-5-3-2-4-6-26/h2-25H2,1H3. The highest BCUT2D eigenvalue weighted by atomic mass is 35.5. The van der Waals surface area contributed by atoms with E-state index in [0.29, 0.717) is 119 Å². The molecule has 0 unspecified atom stereocenters. The van der Waals surface area contributed by atoms with Crippen LogP contribution in [0.2, 0.25) is 0 Å². The van der Waals surface area contributed by atoms with Gasteiger partial charge in [0.15, 0.2) is 0 Å². The van der Waals surface area contributed by atoms with Gasteiger partial charge in [-0.05, 0) is 12.8 Å². The fraction of sp³-hybridized carbons (Fsp3) is 1.00. The van der Waals surface area contributed by atoms with Gasteiger partial charge in [0, 0.05) is 19.6 Å². The fourth-order valence-electron chi connectivity index (χ4n) is 2.66. The van der Waals surface area contributed by atoms with E-state index in [1.54, 1.807) is 7.11 Å². The fourth-order valence-corrected chi connectivity index (χ4v) is 2.84. The molecule has 0 bridgehead atoms. The summed E-state index contributed by atoms with van der Waals surface area (Å²) in [5.41, 5.74) is 0. The molecule has 0 N–H and O–H groups in total. The maximum absolute atomic E-state index is 5.64. The van der Waals surface area contributed by atoms with Crippen LogP contribution in [0.3, 0.4) is 0 Å². The molecule has 0 aliphatic carbocycles. The summed E-state index contributed by atoms with van der Waals surface area (Å²) in [6, 6.07) is 0. The molecule has 0 atom stereocenters. The van der Waals surface area contributed by atoms with Crippen molar-refractivity contribution >= 4 is 11.6 Å². The number of methoxy groups -OCH3 is 1. The molecule has 0 rings (SSSR count). The van der Waals surface area contributed by atoms with Crippen LogP contribution in [0.25, 0.3) is 0 Å². The minimum atomic E-state index is 0.529. The predicted octanol–water partition coefficient (Wildman–Crippen LogP) is 2.58. The van der Waals surface area contributed by atoms with E-state index in [0.717, 1.165) is 25.3 Å². The van der Waals surface area contributed by atoms with Gasteiger partial charge in [0.2, 0.25) is 0 Å². The molecule has 36 heavy (non-hydrogen) atoms. The summed E-state index contributed by atoms with van der Waals surface area (Å²) in [4.78, 5) is 0. The molecular formula is C25H51ClO10. The van der Waals surface area contributed by atoms with E-state index in [-0.39, 0.29) is 0 Å². The van der Waals surface area contributed by atoms with Crippen molar-refractivity contribution in [3.8, 4) is 0 Å². The van der Waals surface area contributed by atoms with E-state index in [1.165, 1.54) is 12.8 Å². The van der Waals surface area contributed by atoms with Gasteiger partial charge in [0.25, 0.3) is 0 Å². The van der Waals surface area contributed by atoms with Gasteiger partial charge in [-0.2, -0.15) is 0 Å². The number of hydrogen-bond donors (Lipinski definition) is 0. The summed E-state index contributed by atoms with van der Waals surface area (Å²) in [5.74, 6) is 0.747. The van der Waals surface area contributed by atoms with Crippen molar-refractivity contribution in [3.05, 3.63) is 0 Å². The Hall–Kier alpha value is -0.110. The summed E-state index contributed by atoms with van der Waals surface area (Å²) >= 11 is 5.64. The van der Waals surface area contributed by atoms with Crippen molar-refractivity contribution < 1.29 is 47.4 Å². The lowest BCUT2D eigenvalue weighted by molar-refractivity contribution is -0.0259. The van der Waals surface area contributed by atoms with Gasteiger partial charge in [0.05, 0.1) is 119 Å². The van der Waals surface area contributed by atoms with Gasteiger partial charge >= 0.3 is 0 Å². The Morgan fingerprint density at radius 2 is 0.556 bits per heavy atom. The predicted molar refractivity (Wildman–Crippen MR) is 138 cm³/mol. The Kier molecular flexibility index (Phi) is 34.8. The van der Waals surface area contributed by atoms with E-state index >= 15 is 0 Å². The molecule has 0 aromatic heterocycles. The molecule has 0 radical (unpaired) electrons. The minimum Gasteiger partial charge on any atom is -0.382 e. The first-order valence-corrected chi connectivity index (χ1v) is 13.7. The summed E-state index contributed by atoms with van der Waals surface area (Å²) in [7, 11) is 1.65. The first-order chi connectivity index (χ1) is 17.9. The maximum Gasteiger partial charge on any atom is 0.0701 e. The van der Waals surface area contributed by atoms with Crippen molar-refractivity contribution in [2.24, 2.45) is 0 Å². The van der Waals surface area contributed by atoms with Gasteiger partial charge < -0.3 is 47.4 Å². The monoisotopic (exact) mass is 546 g/mol. The largest absolute Gasteiger partial charge is 0.382 e. The molecular weight excluding hydrogens is 496 g/mol. The molecule has 0 amide bonds. The van der Waals surface area contributed by atoms with Crippen molar-refractivity contribution in [2.45, 2.75) is 25.7 Å². The van der Waals surface area contributed by atoms with Crippen LogP contribution in [0, 0.1) is 0 Å². The van der Waals surface area contributed by atoms with Gasteiger partial charge in [0.1, 0.15) is 0 Å².